The van der Waals surface area contributed by atoms with Crippen LogP contribution in [0.5, 0.6) is 17.2 Å². The number of thioether (sulfide) groups is 1. The molecule has 0 unspecified atom stereocenters. The van der Waals surface area contributed by atoms with Gasteiger partial charge in [0.05, 0.1) is 44.3 Å². The van der Waals surface area contributed by atoms with Crippen LogP contribution in [0.2, 0.25) is 0 Å². The number of nitrogens with zero attached hydrogens (tertiary/aromatic N) is 2. The normalized spacial score (nSPS) is 11.0. The van der Waals surface area contributed by atoms with E-state index < -0.39 is 0 Å². The predicted molar refractivity (Wildman–Crippen MR) is 109 cm³/mol. The number of carbonyl (C=O) groups excluding carboxylic acids is 1. The molecule has 1 aromatic heterocycles. The Kier molecular flexibility index (Phi) is 6.38. The first-order valence-electron chi connectivity index (χ1n) is 8.34. The van der Waals surface area contributed by atoms with Gasteiger partial charge < -0.3 is 19.2 Å². The second-order valence-corrected chi connectivity index (χ2v) is 6.56. The Morgan fingerprint density at radius 2 is 1.89 bits per heavy atom. The number of hydrazone groups is 1. The van der Waals surface area contributed by atoms with Crippen molar-refractivity contribution in [3.63, 3.8) is 0 Å². The van der Waals surface area contributed by atoms with Gasteiger partial charge in [-0.2, -0.15) is 5.10 Å². The number of imidazole rings is 1. The highest BCUT2D eigenvalue weighted by Gasteiger charge is 2.12. The number of aromatic amines is 1. The van der Waals surface area contributed by atoms with E-state index in [4.69, 9.17) is 14.2 Å². The molecule has 28 heavy (non-hydrogen) atoms. The van der Waals surface area contributed by atoms with E-state index in [9.17, 15) is 4.79 Å². The van der Waals surface area contributed by atoms with Crippen LogP contribution in [0.4, 0.5) is 0 Å². The minimum Gasteiger partial charge on any atom is -0.493 e. The van der Waals surface area contributed by atoms with Crippen molar-refractivity contribution in [1.82, 2.24) is 15.4 Å². The zero-order valence-electron chi connectivity index (χ0n) is 15.7. The molecule has 0 aliphatic heterocycles. The van der Waals surface area contributed by atoms with E-state index >= 15 is 0 Å². The number of H-pyrrole nitrogens is 1. The number of rotatable bonds is 8. The number of fused-ring (bicyclic) bond motifs is 1. The SMILES string of the molecule is COc1cc(/C=N/NC(=O)CSc2nc3ccccc3[nH]2)cc(OC)c1OC. The molecule has 1 heterocycles. The van der Waals surface area contributed by atoms with Crippen LogP contribution < -0.4 is 19.6 Å². The number of aromatic nitrogens is 2. The third-order valence-electron chi connectivity index (χ3n) is 3.80. The summed E-state index contributed by atoms with van der Waals surface area (Å²) < 4.78 is 15.9. The van der Waals surface area contributed by atoms with Crippen molar-refractivity contribution in [2.45, 2.75) is 5.16 Å². The Labute approximate surface area is 166 Å². The summed E-state index contributed by atoms with van der Waals surface area (Å²) in [6.45, 7) is 0. The van der Waals surface area contributed by atoms with Crippen LogP contribution in [0, 0.1) is 0 Å². The van der Waals surface area contributed by atoms with Gasteiger partial charge >= 0.3 is 0 Å². The maximum absolute atomic E-state index is 12.0. The fourth-order valence-electron chi connectivity index (χ4n) is 2.52. The van der Waals surface area contributed by atoms with Crippen molar-refractivity contribution in [3.8, 4) is 17.2 Å². The highest BCUT2D eigenvalue weighted by atomic mass is 32.2. The molecule has 1 amide bonds. The second kappa shape index (κ2) is 9.14. The molecule has 8 nitrogen and oxygen atoms in total. The Bertz CT molecular complexity index is 945. The summed E-state index contributed by atoms with van der Waals surface area (Å²) in [4.78, 5) is 19.6. The number of hydrogen-bond acceptors (Lipinski definition) is 7. The molecule has 2 aromatic carbocycles. The number of ether oxygens (including phenoxy) is 3. The van der Waals surface area contributed by atoms with Crippen molar-refractivity contribution in [1.29, 1.82) is 0 Å². The Morgan fingerprint density at radius 1 is 1.18 bits per heavy atom. The molecule has 0 aliphatic carbocycles. The summed E-state index contributed by atoms with van der Waals surface area (Å²) >= 11 is 1.31. The first-order valence-corrected chi connectivity index (χ1v) is 9.32. The second-order valence-electron chi connectivity index (χ2n) is 5.60. The first-order chi connectivity index (χ1) is 13.6. The van der Waals surface area contributed by atoms with E-state index in [0.29, 0.717) is 28.0 Å². The van der Waals surface area contributed by atoms with Gasteiger partial charge in [-0.15, -0.1) is 0 Å². The molecule has 0 radical (unpaired) electrons. The third kappa shape index (κ3) is 4.55. The lowest BCUT2D eigenvalue weighted by molar-refractivity contribution is -0.118. The highest BCUT2D eigenvalue weighted by molar-refractivity contribution is 7.99. The molecule has 2 N–H and O–H groups in total. The van der Waals surface area contributed by atoms with Gasteiger partial charge in [-0.05, 0) is 24.3 Å². The van der Waals surface area contributed by atoms with Crippen LogP contribution in [0.1, 0.15) is 5.56 Å². The molecule has 146 valence electrons. The molecule has 3 rings (SSSR count). The zero-order chi connectivity index (χ0) is 19.9. The molecule has 0 saturated heterocycles. The third-order valence-corrected chi connectivity index (χ3v) is 4.67. The van der Waals surface area contributed by atoms with E-state index in [0.717, 1.165) is 11.0 Å². The molecule has 0 bridgehead atoms. The van der Waals surface area contributed by atoms with Crippen molar-refractivity contribution < 1.29 is 19.0 Å². The van der Waals surface area contributed by atoms with Crippen LogP contribution in [-0.2, 0) is 4.79 Å². The van der Waals surface area contributed by atoms with Crippen LogP contribution in [0.3, 0.4) is 0 Å². The average molecular weight is 400 g/mol. The maximum Gasteiger partial charge on any atom is 0.250 e. The average Bonchev–Trinajstić information content (AvgIpc) is 3.14. The topological polar surface area (TPSA) is 97.8 Å². The summed E-state index contributed by atoms with van der Waals surface area (Å²) in [6, 6.07) is 11.2. The number of amides is 1. The first kappa shape index (κ1) is 19.6. The molecule has 9 heteroatoms. The Hall–Kier alpha value is -3.20. The number of benzene rings is 2. The summed E-state index contributed by atoms with van der Waals surface area (Å²) in [6.07, 6.45) is 1.51. The lowest BCUT2D eigenvalue weighted by Gasteiger charge is -2.12. The lowest BCUT2D eigenvalue weighted by Crippen LogP contribution is -2.19. The van der Waals surface area contributed by atoms with Gasteiger partial charge in [-0.1, -0.05) is 23.9 Å². The largest absolute Gasteiger partial charge is 0.493 e. The van der Waals surface area contributed by atoms with Gasteiger partial charge in [0.1, 0.15) is 0 Å². The minimum atomic E-state index is -0.242. The molecule has 0 fully saturated rings. The van der Waals surface area contributed by atoms with E-state index in [1.54, 1.807) is 12.1 Å². The smallest absolute Gasteiger partial charge is 0.250 e. The standard InChI is InChI=1S/C19H20N4O4S/c1-25-15-8-12(9-16(26-2)18(15)27-3)10-20-23-17(24)11-28-19-21-13-6-4-5-7-14(13)22-19/h4-10H,11H2,1-3H3,(H,21,22)(H,23,24)/b20-10+. The Morgan fingerprint density at radius 3 is 2.54 bits per heavy atom. The minimum absolute atomic E-state index is 0.187. The molecule has 0 spiro atoms. The van der Waals surface area contributed by atoms with Crippen molar-refractivity contribution in [2.24, 2.45) is 5.10 Å². The monoisotopic (exact) mass is 400 g/mol. The van der Waals surface area contributed by atoms with E-state index in [1.165, 1.54) is 39.3 Å². The van der Waals surface area contributed by atoms with Crippen molar-refractivity contribution in [3.05, 3.63) is 42.0 Å². The van der Waals surface area contributed by atoms with Gasteiger partial charge in [0, 0.05) is 5.56 Å². The lowest BCUT2D eigenvalue weighted by atomic mass is 10.2. The predicted octanol–water partition coefficient (Wildman–Crippen LogP) is 2.83. The van der Waals surface area contributed by atoms with E-state index in [1.807, 2.05) is 24.3 Å². The van der Waals surface area contributed by atoms with Crippen molar-refractivity contribution >= 4 is 34.9 Å². The van der Waals surface area contributed by atoms with Gasteiger partial charge in [0.15, 0.2) is 16.7 Å². The number of hydrogen-bond donors (Lipinski definition) is 2. The molecule has 0 atom stereocenters. The van der Waals surface area contributed by atoms with Gasteiger partial charge in [-0.25, -0.2) is 10.4 Å². The van der Waals surface area contributed by atoms with Crippen molar-refractivity contribution in [2.75, 3.05) is 27.1 Å². The van der Waals surface area contributed by atoms with Crippen LogP contribution in [-0.4, -0.2) is 49.2 Å². The zero-order valence-corrected chi connectivity index (χ0v) is 16.5. The fourth-order valence-corrected chi connectivity index (χ4v) is 3.20. The number of para-hydroxylation sites is 2. The van der Waals surface area contributed by atoms with E-state index in [-0.39, 0.29) is 11.7 Å². The maximum atomic E-state index is 12.0. The molecule has 0 saturated carbocycles. The summed E-state index contributed by atoms with van der Waals surface area (Å²) in [5.74, 6) is 1.46. The summed E-state index contributed by atoms with van der Waals surface area (Å²) in [7, 11) is 4.61. The number of carbonyl (C=O) groups is 1. The summed E-state index contributed by atoms with van der Waals surface area (Å²) in [5, 5.41) is 4.67. The van der Waals surface area contributed by atoms with E-state index in [2.05, 4.69) is 20.5 Å². The molecular formula is C19H20N4O4S. The quantitative estimate of drug-likeness (QED) is 0.343. The summed E-state index contributed by atoms with van der Waals surface area (Å²) in [5.41, 5.74) is 4.99. The Balaban J connectivity index is 1.58. The number of nitrogens with one attached hydrogen (secondary N) is 2. The van der Waals surface area contributed by atoms with Gasteiger partial charge in [0.25, 0.3) is 5.91 Å². The molecular weight excluding hydrogens is 380 g/mol. The molecule has 3 aromatic rings. The van der Waals surface area contributed by atoms with Gasteiger partial charge in [-0.3, -0.25) is 4.79 Å². The number of methoxy groups -OCH3 is 3. The fraction of sp³-hybridized carbons (Fsp3) is 0.211. The van der Waals surface area contributed by atoms with Gasteiger partial charge in [0.2, 0.25) is 5.75 Å². The van der Waals surface area contributed by atoms with Crippen LogP contribution >= 0.6 is 11.8 Å². The molecule has 0 aliphatic rings. The van der Waals surface area contributed by atoms with Crippen LogP contribution in [0.15, 0.2) is 46.7 Å². The highest BCUT2D eigenvalue weighted by Crippen LogP contribution is 2.37. The van der Waals surface area contributed by atoms with Crippen LogP contribution in [0.25, 0.3) is 11.0 Å².